The van der Waals surface area contributed by atoms with Gasteiger partial charge in [-0.05, 0) is 51.0 Å². The summed E-state index contributed by atoms with van der Waals surface area (Å²) < 4.78 is 1.09. The molecule has 0 aromatic carbocycles. The minimum atomic E-state index is -0.998. The number of nitrogens with zero attached hydrogens (tertiary/aromatic N) is 4. The number of fused-ring (bicyclic) bond motifs is 1. The van der Waals surface area contributed by atoms with Crippen molar-refractivity contribution in [3.8, 4) is 10.6 Å². The SMILES string of the molecule is Cc1nc(NCC2CCC2)nc(N[C@@H]2C[C@H](CO)[C@@H](O)[C@H]2O)c1-c1nc2c(C3CC3)nccc2s1.Cl. The third kappa shape index (κ3) is 4.77. The zero-order valence-corrected chi connectivity index (χ0v) is 21.9. The molecule has 0 spiro atoms. The molecule has 6 rings (SSSR count). The van der Waals surface area contributed by atoms with E-state index in [-0.39, 0.29) is 24.9 Å². The Hall–Kier alpha value is -2.11. The van der Waals surface area contributed by atoms with Crippen molar-refractivity contribution in [3.63, 3.8) is 0 Å². The van der Waals surface area contributed by atoms with Gasteiger partial charge in [0.1, 0.15) is 22.4 Å². The van der Waals surface area contributed by atoms with Gasteiger partial charge in [0.05, 0.1) is 33.8 Å². The van der Waals surface area contributed by atoms with Crippen molar-refractivity contribution in [1.29, 1.82) is 0 Å². The minimum Gasteiger partial charge on any atom is -0.396 e. The number of anilines is 2. The number of nitrogens with one attached hydrogen (secondary N) is 2. The molecule has 5 N–H and O–H groups in total. The van der Waals surface area contributed by atoms with E-state index in [0.717, 1.165) is 51.6 Å². The average molecular weight is 533 g/mol. The lowest BCUT2D eigenvalue weighted by molar-refractivity contribution is 0.00446. The lowest BCUT2D eigenvalue weighted by Gasteiger charge is -2.26. The Kier molecular flexibility index (Phi) is 7.33. The topological polar surface area (TPSA) is 136 Å². The van der Waals surface area contributed by atoms with Gasteiger partial charge >= 0.3 is 0 Å². The zero-order chi connectivity index (χ0) is 24.1. The molecule has 3 saturated carbocycles. The van der Waals surface area contributed by atoms with Crippen LogP contribution in [0.3, 0.4) is 0 Å². The first kappa shape index (κ1) is 25.5. The normalized spacial score (nSPS) is 26.0. The van der Waals surface area contributed by atoms with Crippen molar-refractivity contribution in [3.05, 3.63) is 23.7 Å². The predicted molar refractivity (Wildman–Crippen MR) is 143 cm³/mol. The van der Waals surface area contributed by atoms with Crippen LogP contribution in [0.15, 0.2) is 12.3 Å². The van der Waals surface area contributed by atoms with Gasteiger partial charge in [0.2, 0.25) is 5.95 Å². The first-order valence-corrected chi connectivity index (χ1v) is 13.4. The van der Waals surface area contributed by atoms with E-state index >= 15 is 0 Å². The Balaban J connectivity index is 0.00000267. The highest BCUT2D eigenvalue weighted by Crippen LogP contribution is 2.44. The van der Waals surface area contributed by atoms with Gasteiger partial charge < -0.3 is 26.0 Å². The highest BCUT2D eigenvalue weighted by molar-refractivity contribution is 7.21. The maximum atomic E-state index is 10.7. The van der Waals surface area contributed by atoms with E-state index in [1.165, 1.54) is 19.3 Å². The van der Waals surface area contributed by atoms with Crippen LogP contribution in [-0.2, 0) is 0 Å². The van der Waals surface area contributed by atoms with Gasteiger partial charge in [-0.15, -0.1) is 23.7 Å². The van der Waals surface area contributed by atoms with Crippen LogP contribution >= 0.6 is 23.7 Å². The molecule has 3 aliphatic carbocycles. The number of pyridine rings is 1. The number of hydrogen-bond donors (Lipinski definition) is 5. The van der Waals surface area contributed by atoms with E-state index in [1.54, 1.807) is 11.3 Å². The summed E-state index contributed by atoms with van der Waals surface area (Å²) in [6, 6.07) is 1.57. The monoisotopic (exact) mass is 532 g/mol. The molecular formula is C25H33ClN6O3S. The largest absolute Gasteiger partial charge is 0.396 e. The van der Waals surface area contributed by atoms with E-state index in [2.05, 4.69) is 15.6 Å². The molecular weight excluding hydrogens is 500 g/mol. The molecule has 11 heteroatoms. The Morgan fingerprint density at radius 1 is 1.08 bits per heavy atom. The molecule has 0 aliphatic heterocycles. The molecule has 3 aliphatic rings. The first-order valence-electron chi connectivity index (χ1n) is 12.6. The van der Waals surface area contributed by atoms with E-state index < -0.39 is 18.2 Å². The fourth-order valence-corrected chi connectivity index (χ4v) is 6.27. The Bertz CT molecular complexity index is 1230. The summed E-state index contributed by atoms with van der Waals surface area (Å²) in [4.78, 5) is 19.2. The lowest BCUT2D eigenvalue weighted by Crippen LogP contribution is -2.35. The van der Waals surface area contributed by atoms with E-state index in [0.29, 0.717) is 30.0 Å². The summed E-state index contributed by atoms with van der Waals surface area (Å²) in [6.07, 6.45) is 6.38. The van der Waals surface area contributed by atoms with Gasteiger partial charge in [-0.1, -0.05) is 6.42 Å². The second-order valence-electron chi connectivity index (χ2n) is 10.3. The molecule has 3 aromatic rings. The quantitative estimate of drug-likeness (QED) is 0.295. The van der Waals surface area contributed by atoms with Crippen molar-refractivity contribution >= 4 is 45.7 Å². The van der Waals surface area contributed by atoms with Crippen molar-refractivity contribution in [1.82, 2.24) is 19.9 Å². The van der Waals surface area contributed by atoms with Crippen LogP contribution in [0.2, 0.25) is 0 Å². The molecule has 0 radical (unpaired) electrons. The standard InChI is InChI=1S/C25H32N6O3S.ClH/c1-12-18(24-30-20-17(35-24)7-8-26-19(20)14-5-6-14)23(29-16-9-15(11-32)21(33)22(16)34)31-25(28-12)27-10-13-3-2-4-13;/h7-8,13-16,21-22,32-34H,2-6,9-11H2,1H3,(H2,27,28,29,31);1H/t15-,16-,21-,22+;/m1./s1. The third-order valence-corrected chi connectivity index (χ3v) is 8.77. The molecule has 3 heterocycles. The van der Waals surface area contributed by atoms with Crippen LogP contribution in [-0.4, -0.2) is 66.7 Å². The molecule has 4 atom stereocenters. The molecule has 0 unspecified atom stereocenters. The average Bonchev–Trinajstić information content (AvgIpc) is 3.51. The Labute approximate surface area is 220 Å². The van der Waals surface area contributed by atoms with Crippen LogP contribution in [0.5, 0.6) is 0 Å². The van der Waals surface area contributed by atoms with Gasteiger partial charge in [-0.3, -0.25) is 4.98 Å². The van der Waals surface area contributed by atoms with Gasteiger partial charge in [0, 0.05) is 31.2 Å². The van der Waals surface area contributed by atoms with Crippen LogP contribution in [0.4, 0.5) is 11.8 Å². The summed E-state index contributed by atoms with van der Waals surface area (Å²) in [5.74, 6) is 1.91. The van der Waals surface area contributed by atoms with E-state index in [1.807, 2.05) is 19.2 Å². The molecule has 36 heavy (non-hydrogen) atoms. The second-order valence-corrected chi connectivity index (χ2v) is 11.3. The van der Waals surface area contributed by atoms with E-state index in [4.69, 9.17) is 15.0 Å². The number of aryl methyl sites for hydroxylation is 1. The molecule has 3 fully saturated rings. The first-order chi connectivity index (χ1) is 17.0. The summed E-state index contributed by atoms with van der Waals surface area (Å²) in [6.45, 7) is 2.63. The maximum absolute atomic E-state index is 10.7. The van der Waals surface area contributed by atoms with Gasteiger partial charge in [-0.2, -0.15) is 4.98 Å². The van der Waals surface area contributed by atoms with Gasteiger partial charge in [-0.25, -0.2) is 9.97 Å². The second kappa shape index (κ2) is 10.3. The van der Waals surface area contributed by atoms with Crippen molar-refractivity contribution < 1.29 is 15.3 Å². The fourth-order valence-electron chi connectivity index (χ4n) is 5.21. The summed E-state index contributed by atoms with van der Waals surface area (Å²) in [7, 11) is 0. The number of thiazole rings is 1. The van der Waals surface area contributed by atoms with E-state index in [9.17, 15) is 15.3 Å². The number of aliphatic hydroxyl groups excluding tert-OH is 3. The highest BCUT2D eigenvalue weighted by atomic mass is 35.5. The summed E-state index contributed by atoms with van der Waals surface area (Å²) in [5.41, 5.74) is 3.61. The minimum absolute atomic E-state index is 0. The van der Waals surface area contributed by atoms with Crippen molar-refractivity contribution in [2.24, 2.45) is 11.8 Å². The van der Waals surface area contributed by atoms with Crippen LogP contribution < -0.4 is 10.6 Å². The third-order valence-electron chi connectivity index (χ3n) is 7.74. The van der Waals surface area contributed by atoms with Gasteiger partial charge in [0.15, 0.2) is 0 Å². The van der Waals surface area contributed by atoms with Gasteiger partial charge in [0.25, 0.3) is 0 Å². The number of aliphatic hydroxyl groups is 3. The molecule has 3 aromatic heterocycles. The highest BCUT2D eigenvalue weighted by Gasteiger charge is 2.41. The van der Waals surface area contributed by atoms with Crippen molar-refractivity contribution in [2.75, 3.05) is 23.8 Å². The predicted octanol–water partition coefficient (Wildman–Crippen LogP) is 3.48. The van der Waals surface area contributed by atoms with Crippen LogP contribution in [0.1, 0.15) is 55.8 Å². The molecule has 0 amide bonds. The number of aromatic nitrogens is 4. The molecule has 9 nitrogen and oxygen atoms in total. The summed E-state index contributed by atoms with van der Waals surface area (Å²) in [5, 5.41) is 38.2. The number of hydrogen-bond acceptors (Lipinski definition) is 10. The number of halogens is 1. The van der Waals surface area contributed by atoms with Crippen molar-refractivity contribution in [2.45, 2.75) is 69.6 Å². The van der Waals surface area contributed by atoms with Crippen LogP contribution in [0.25, 0.3) is 20.8 Å². The fraction of sp³-hybridized carbons (Fsp3) is 0.600. The molecule has 194 valence electrons. The molecule has 0 saturated heterocycles. The number of rotatable bonds is 8. The van der Waals surface area contributed by atoms with Crippen LogP contribution in [0, 0.1) is 18.8 Å². The Morgan fingerprint density at radius 3 is 2.56 bits per heavy atom. The lowest BCUT2D eigenvalue weighted by atomic mass is 9.85. The maximum Gasteiger partial charge on any atom is 0.224 e. The summed E-state index contributed by atoms with van der Waals surface area (Å²) >= 11 is 1.60. The smallest absolute Gasteiger partial charge is 0.224 e. The zero-order valence-electron chi connectivity index (χ0n) is 20.2. The molecule has 0 bridgehead atoms. The Morgan fingerprint density at radius 2 is 1.89 bits per heavy atom.